The summed E-state index contributed by atoms with van der Waals surface area (Å²) in [6.07, 6.45) is 5.31. The van der Waals surface area contributed by atoms with E-state index in [4.69, 9.17) is 14.7 Å². The van der Waals surface area contributed by atoms with Crippen molar-refractivity contribution < 1.29 is 9.64 Å². The van der Waals surface area contributed by atoms with Gasteiger partial charge in [-0.2, -0.15) is 0 Å². The Hall–Kier alpha value is -1.28. The van der Waals surface area contributed by atoms with Gasteiger partial charge in [0.25, 0.3) is 0 Å². The second-order valence-electron chi connectivity index (χ2n) is 8.06. The van der Waals surface area contributed by atoms with Gasteiger partial charge in [-0.1, -0.05) is 25.6 Å². The minimum atomic E-state index is 0.470. The maximum atomic E-state index is 5.47. The van der Waals surface area contributed by atoms with Crippen LogP contribution in [0.4, 0.5) is 0 Å². The van der Waals surface area contributed by atoms with Crippen molar-refractivity contribution in [1.82, 2.24) is 15.0 Å². The molecule has 1 aliphatic carbocycles. The zero-order chi connectivity index (χ0) is 19.1. The molecule has 7 heteroatoms. The van der Waals surface area contributed by atoms with Crippen LogP contribution >= 0.6 is 23.1 Å². The largest absolute Gasteiger partial charge is 0.370 e. The van der Waals surface area contributed by atoms with Crippen molar-refractivity contribution in [2.45, 2.75) is 44.1 Å². The third-order valence-electron chi connectivity index (χ3n) is 5.91. The first-order valence-corrected chi connectivity index (χ1v) is 12.2. The Kier molecular flexibility index (Phi) is 5.26. The quantitative estimate of drug-likeness (QED) is 0.513. The number of morpholine rings is 1. The van der Waals surface area contributed by atoms with Gasteiger partial charge in [0.15, 0.2) is 0 Å². The fraction of sp³-hybridized carbons (Fsp3) is 0.571. The van der Waals surface area contributed by atoms with Gasteiger partial charge in [-0.15, -0.1) is 11.3 Å². The van der Waals surface area contributed by atoms with E-state index in [0.717, 1.165) is 66.8 Å². The number of nitrogens with zero attached hydrogens (tertiary/aromatic N) is 3. The third-order valence-corrected chi connectivity index (χ3v) is 8.11. The standard InChI is InChI=1S/C21H26N4OS2/c1-13(2)17-15-5-3-4-14(15)16-18-19(28-20(16)24-17)21(23-12-22-18)27-11-8-25-6-9-26-10-7-25/h12-13H,3-11H2,1-2H3/p+1. The molecule has 0 unspecified atom stereocenters. The number of quaternary nitrogens is 1. The normalized spacial score (nSPS) is 17.8. The van der Waals surface area contributed by atoms with Gasteiger partial charge in [0.2, 0.25) is 0 Å². The van der Waals surface area contributed by atoms with Gasteiger partial charge in [-0.05, 0) is 36.3 Å². The molecule has 2 aliphatic rings. The molecule has 4 heterocycles. The highest BCUT2D eigenvalue weighted by molar-refractivity contribution is 7.99. The number of aryl methyl sites for hydroxylation is 1. The Labute approximate surface area is 173 Å². The van der Waals surface area contributed by atoms with Crippen LogP contribution < -0.4 is 4.90 Å². The van der Waals surface area contributed by atoms with Crippen LogP contribution in [0, 0.1) is 0 Å². The molecule has 1 aliphatic heterocycles. The molecule has 1 N–H and O–H groups in total. The molecule has 3 aromatic rings. The molecule has 0 amide bonds. The number of pyridine rings is 1. The van der Waals surface area contributed by atoms with E-state index in [-0.39, 0.29) is 0 Å². The first-order chi connectivity index (χ1) is 13.7. The van der Waals surface area contributed by atoms with Gasteiger partial charge in [0.1, 0.15) is 29.3 Å². The number of hydrogen-bond donors (Lipinski definition) is 1. The SMILES string of the molecule is CC(C)c1nc2sc3c(SCC[NH+]4CCOCC4)ncnc3c2c2c1CCC2. The maximum absolute atomic E-state index is 5.47. The summed E-state index contributed by atoms with van der Waals surface area (Å²) < 4.78 is 6.69. The molecule has 3 aromatic heterocycles. The molecular formula is C21H27N4OS2+. The van der Waals surface area contributed by atoms with Crippen LogP contribution in [0.1, 0.15) is 43.0 Å². The molecule has 148 valence electrons. The summed E-state index contributed by atoms with van der Waals surface area (Å²) in [4.78, 5) is 17.2. The Balaban J connectivity index is 1.50. The molecule has 0 bridgehead atoms. The van der Waals surface area contributed by atoms with Gasteiger partial charge in [0, 0.05) is 16.8 Å². The Morgan fingerprint density at radius 3 is 2.82 bits per heavy atom. The average Bonchev–Trinajstić information content (AvgIpc) is 3.32. The molecule has 0 radical (unpaired) electrons. The van der Waals surface area contributed by atoms with Crippen molar-refractivity contribution in [1.29, 1.82) is 0 Å². The van der Waals surface area contributed by atoms with Crippen LogP contribution in [-0.4, -0.2) is 53.6 Å². The van der Waals surface area contributed by atoms with Gasteiger partial charge < -0.3 is 9.64 Å². The van der Waals surface area contributed by atoms with Crippen molar-refractivity contribution >= 4 is 43.5 Å². The minimum absolute atomic E-state index is 0.470. The van der Waals surface area contributed by atoms with Crippen LogP contribution in [-0.2, 0) is 17.6 Å². The molecule has 5 rings (SSSR count). The van der Waals surface area contributed by atoms with Crippen LogP contribution in [0.5, 0.6) is 0 Å². The lowest BCUT2D eigenvalue weighted by Gasteiger charge is -2.23. The monoisotopic (exact) mass is 415 g/mol. The second kappa shape index (κ2) is 7.86. The van der Waals surface area contributed by atoms with E-state index in [1.165, 1.54) is 33.3 Å². The summed E-state index contributed by atoms with van der Waals surface area (Å²) in [6.45, 7) is 9.71. The lowest BCUT2D eigenvalue weighted by Crippen LogP contribution is -3.14. The second-order valence-corrected chi connectivity index (χ2v) is 10.1. The number of thioether (sulfide) groups is 1. The van der Waals surface area contributed by atoms with Crippen LogP contribution in [0.15, 0.2) is 11.4 Å². The molecule has 0 saturated carbocycles. The topological polar surface area (TPSA) is 52.3 Å². The van der Waals surface area contributed by atoms with E-state index < -0.39 is 0 Å². The molecule has 0 atom stereocenters. The van der Waals surface area contributed by atoms with Crippen LogP contribution in [0.25, 0.3) is 20.4 Å². The molecule has 0 aromatic carbocycles. The summed E-state index contributed by atoms with van der Waals surface area (Å²) in [5, 5.41) is 2.43. The number of hydrogen-bond acceptors (Lipinski definition) is 6. The van der Waals surface area contributed by atoms with Crippen LogP contribution in [0.2, 0.25) is 0 Å². The van der Waals surface area contributed by atoms with Crippen molar-refractivity contribution in [3.8, 4) is 0 Å². The summed E-state index contributed by atoms with van der Waals surface area (Å²) >= 11 is 3.66. The zero-order valence-corrected chi connectivity index (χ0v) is 18.2. The van der Waals surface area contributed by atoms with E-state index in [1.54, 1.807) is 22.6 Å². The highest BCUT2D eigenvalue weighted by atomic mass is 32.2. The number of thiophene rings is 1. The molecule has 5 nitrogen and oxygen atoms in total. The smallest absolute Gasteiger partial charge is 0.126 e. The molecule has 28 heavy (non-hydrogen) atoms. The van der Waals surface area contributed by atoms with Crippen molar-refractivity contribution in [3.05, 3.63) is 23.1 Å². The maximum Gasteiger partial charge on any atom is 0.126 e. The minimum Gasteiger partial charge on any atom is -0.370 e. The lowest BCUT2D eigenvalue weighted by molar-refractivity contribution is -0.905. The number of aromatic nitrogens is 3. The van der Waals surface area contributed by atoms with Crippen molar-refractivity contribution in [2.75, 3.05) is 38.6 Å². The third kappa shape index (κ3) is 3.32. The molecule has 0 spiro atoms. The average molecular weight is 416 g/mol. The Bertz CT molecular complexity index is 1010. The van der Waals surface area contributed by atoms with E-state index in [0.29, 0.717) is 5.92 Å². The lowest BCUT2D eigenvalue weighted by atomic mass is 9.99. The molecule has 1 fully saturated rings. The first-order valence-electron chi connectivity index (χ1n) is 10.4. The highest BCUT2D eigenvalue weighted by Crippen LogP contribution is 2.42. The number of fused-ring (bicyclic) bond motifs is 5. The predicted octanol–water partition coefficient (Wildman–Crippen LogP) is 2.86. The summed E-state index contributed by atoms with van der Waals surface area (Å²) in [5.74, 6) is 1.55. The van der Waals surface area contributed by atoms with Gasteiger partial charge >= 0.3 is 0 Å². The highest BCUT2D eigenvalue weighted by Gasteiger charge is 2.25. The van der Waals surface area contributed by atoms with Gasteiger partial charge in [0.05, 0.1) is 30.0 Å². The van der Waals surface area contributed by atoms with Crippen molar-refractivity contribution in [3.63, 3.8) is 0 Å². The summed E-state index contributed by atoms with van der Waals surface area (Å²) in [7, 11) is 0. The fourth-order valence-corrected chi connectivity index (χ4v) is 6.78. The number of ether oxygens (including phenoxy) is 1. The number of rotatable bonds is 5. The predicted molar refractivity (Wildman–Crippen MR) is 116 cm³/mol. The van der Waals surface area contributed by atoms with E-state index in [1.807, 2.05) is 11.8 Å². The first kappa shape index (κ1) is 18.7. The summed E-state index contributed by atoms with van der Waals surface area (Å²) in [6, 6.07) is 0. The van der Waals surface area contributed by atoms with E-state index in [2.05, 4.69) is 18.8 Å². The fourth-order valence-electron chi connectivity index (χ4n) is 4.49. The van der Waals surface area contributed by atoms with Gasteiger partial charge in [-0.25, -0.2) is 15.0 Å². The van der Waals surface area contributed by atoms with Gasteiger partial charge in [-0.3, -0.25) is 0 Å². The number of nitrogens with one attached hydrogen (secondary N) is 1. The van der Waals surface area contributed by atoms with Crippen LogP contribution in [0.3, 0.4) is 0 Å². The van der Waals surface area contributed by atoms with Crippen molar-refractivity contribution in [2.24, 2.45) is 0 Å². The Morgan fingerprint density at radius 2 is 2.00 bits per heavy atom. The zero-order valence-electron chi connectivity index (χ0n) is 16.6. The Morgan fingerprint density at radius 1 is 1.18 bits per heavy atom. The molecular weight excluding hydrogens is 388 g/mol. The van der Waals surface area contributed by atoms with E-state index >= 15 is 0 Å². The summed E-state index contributed by atoms with van der Waals surface area (Å²) in [5.41, 5.74) is 5.42. The molecule has 1 saturated heterocycles. The van der Waals surface area contributed by atoms with E-state index in [9.17, 15) is 0 Å².